The lowest BCUT2D eigenvalue weighted by molar-refractivity contribution is 0.0730. The van der Waals surface area contributed by atoms with Crippen LogP contribution in [0.2, 0.25) is 0 Å². The Labute approximate surface area is 192 Å². The van der Waals surface area contributed by atoms with E-state index in [1.807, 2.05) is 37.3 Å². The molecule has 0 saturated carbocycles. The van der Waals surface area contributed by atoms with Crippen LogP contribution < -0.4 is 10.2 Å². The lowest BCUT2D eigenvalue weighted by atomic mass is 10.1. The van der Waals surface area contributed by atoms with E-state index in [9.17, 15) is 13.2 Å². The van der Waals surface area contributed by atoms with E-state index in [0.29, 0.717) is 43.4 Å². The predicted molar refractivity (Wildman–Crippen MR) is 125 cm³/mol. The molecule has 9 heteroatoms. The highest BCUT2D eigenvalue weighted by Gasteiger charge is 2.38. The first kappa shape index (κ1) is 21.6. The average Bonchev–Trinajstić information content (AvgIpc) is 3.12. The molecule has 2 aromatic carbocycles. The van der Waals surface area contributed by atoms with E-state index in [1.54, 1.807) is 41.4 Å². The third-order valence-electron chi connectivity index (χ3n) is 5.87. The van der Waals surface area contributed by atoms with E-state index >= 15 is 0 Å². The summed E-state index contributed by atoms with van der Waals surface area (Å²) in [7, 11) is -3.57. The fourth-order valence-electron chi connectivity index (χ4n) is 4.11. The van der Waals surface area contributed by atoms with Crippen molar-refractivity contribution in [3.05, 3.63) is 83.6 Å². The molecule has 1 amide bonds. The van der Waals surface area contributed by atoms with Gasteiger partial charge in [-0.05, 0) is 48.9 Å². The Morgan fingerprint density at radius 3 is 2.42 bits per heavy atom. The summed E-state index contributed by atoms with van der Waals surface area (Å²) in [6.45, 7) is 3.44. The predicted octanol–water partition coefficient (Wildman–Crippen LogP) is 3.18. The SMILES string of the molecule is Cc1ccc(N2C(=O)c3ccccc3[C@H]2Nc2ccc(S(=O)(=O)N3CCOCC3)cc2)nc1. The number of aromatic nitrogens is 1. The molecule has 33 heavy (non-hydrogen) atoms. The third kappa shape index (κ3) is 3.99. The summed E-state index contributed by atoms with van der Waals surface area (Å²) in [5.41, 5.74) is 3.16. The van der Waals surface area contributed by atoms with Crippen molar-refractivity contribution < 1.29 is 17.9 Å². The Morgan fingerprint density at radius 2 is 1.73 bits per heavy atom. The summed E-state index contributed by atoms with van der Waals surface area (Å²) >= 11 is 0. The van der Waals surface area contributed by atoms with E-state index in [4.69, 9.17) is 4.74 Å². The number of carbonyl (C=O) groups excluding carboxylic acids is 1. The molecule has 2 aliphatic heterocycles. The lowest BCUT2D eigenvalue weighted by Crippen LogP contribution is -2.40. The molecule has 1 atom stereocenters. The van der Waals surface area contributed by atoms with E-state index < -0.39 is 16.2 Å². The van der Waals surface area contributed by atoms with Crippen LogP contribution in [0.1, 0.15) is 27.7 Å². The van der Waals surface area contributed by atoms with Crippen molar-refractivity contribution >= 4 is 27.4 Å². The molecule has 1 aromatic heterocycles. The maximum absolute atomic E-state index is 13.2. The molecule has 0 radical (unpaired) electrons. The van der Waals surface area contributed by atoms with Crippen molar-refractivity contribution in [3.8, 4) is 0 Å². The number of pyridine rings is 1. The van der Waals surface area contributed by atoms with Crippen molar-refractivity contribution in [3.63, 3.8) is 0 Å². The normalized spacial score (nSPS) is 18.9. The molecule has 1 fully saturated rings. The average molecular weight is 465 g/mol. The van der Waals surface area contributed by atoms with Gasteiger partial charge in [-0.2, -0.15) is 4.31 Å². The fraction of sp³-hybridized carbons (Fsp3) is 0.250. The number of aryl methyl sites for hydroxylation is 1. The molecule has 3 aromatic rings. The van der Waals surface area contributed by atoms with Gasteiger partial charge in [0, 0.05) is 36.1 Å². The highest BCUT2D eigenvalue weighted by molar-refractivity contribution is 7.89. The van der Waals surface area contributed by atoms with Crippen molar-refractivity contribution in [1.29, 1.82) is 0 Å². The number of benzene rings is 2. The Morgan fingerprint density at radius 1 is 1.00 bits per heavy atom. The zero-order valence-corrected chi connectivity index (χ0v) is 19.0. The zero-order valence-electron chi connectivity index (χ0n) is 18.1. The van der Waals surface area contributed by atoms with Gasteiger partial charge in [0.2, 0.25) is 10.0 Å². The van der Waals surface area contributed by atoms with Crippen molar-refractivity contribution in [2.75, 3.05) is 36.5 Å². The minimum Gasteiger partial charge on any atom is -0.379 e. The number of hydrogen-bond acceptors (Lipinski definition) is 6. The van der Waals surface area contributed by atoms with Crippen LogP contribution >= 0.6 is 0 Å². The quantitative estimate of drug-likeness (QED) is 0.624. The molecule has 170 valence electrons. The van der Waals surface area contributed by atoms with Crippen molar-refractivity contribution in [2.24, 2.45) is 0 Å². The molecule has 3 heterocycles. The monoisotopic (exact) mass is 464 g/mol. The third-order valence-corrected chi connectivity index (χ3v) is 7.78. The first-order valence-electron chi connectivity index (χ1n) is 10.7. The van der Waals surface area contributed by atoms with Crippen molar-refractivity contribution in [1.82, 2.24) is 9.29 Å². The number of anilines is 2. The van der Waals surface area contributed by atoms with Crippen LogP contribution in [0, 0.1) is 6.92 Å². The molecule has 5 rings (SSSR count). The molecule has 0 bridgehead atoms. The van der Waals surface area contributed by atoms with Crippen LogP contribution in [0.4, 0.5) is 11.5 Å². The Hall–Kier alpha value is -3.27. The lowest BCUT2D eigenvalue weighted by Gasteiger charge is -2.27. The Kier molecular flexibility index (Phi) is 5.61. The molecule has 0 aliphatic carbocycles. The second-order valence-corrected chi connectivity index (χ2v) is 9.98. The van der Waals surface area contributed by atoms with E-state index in [0.717, 1.165) is 11.1 Å². The molecular formula is C24H24N4O4S. The summed E-state index contributed by atoms with van der Waals surface area (Å²) in [6, 6.07) is 17.8. The highest BCUT2D eigenvalue weighted by atomic mass is 32.2. The maximum atomic E-state index is 13.2. The summed E-state index contributed by atoms with van der Waals surface area (Å²) in [4.78, 5) is 19.5. The van der Waals surface area contributed by atoms with Crippen LogP contribution in [-0.2, 0) is 14.8 Å². The minimum atomic E-state index is -3.57. The van der Waals surface area contributed by atoms with E-state index in [2.05, 4.69) is 10.3 Å². The summed E-state index contributed by atoms with van der Waals surface area (Å²) in [5.74, 6) is 0.414. The van der Waals surface area contributed by atoms with Crippen molar-refractivity contribution in [2.45, 2.75) is 18.0 Å². The van der Waals surface area contributed by atoms with Gasteiger partial charge in [0.15, 0.2) is 0 Å². The summed E-state index contributed by atoms with van der Waals surface area (Å²) < 4.78 is 32.5. The topological polar surface area (TPSA) is 91.8 Å². The minimum absolute atomic E-state index is 0.133. The van der Waals surface area contributed by atoms with Crippen LogP contribution in [0.3, 0.4) is 0 Å². The van der Waals surface area contributed by atoms with Gasteiger partial charge in [0.25, 0.3) is 5.91 Å². The van der Waals surface area contributed by atoms with Crippen LogP contribution in [0.5, 0.6) is 0 Å². The standard InChI is InChI=1S/C24H24N4O4S/c1-17-6-11-22(25-16-17)28-23(20-4-2-3-5-21(20)24(28)29)26-18-7-9-19(10-8-18)33(30,31)27-12-14-32-15-13-27/h2-11,16,23,26H,12-15H2,1H3/t23-/m0/s1. The largest absolute Gasteiger partial charge is 0.379 e. The molecule has 1 N–H and O–H groups in total. The van der Waals surface area contributed by atoms with Gasteiger partial charge in [0.1, 0.15) is 12.0 Å². The Bertz CT molecular complexity index is 1270. The highest BCUT2D eigenvalue weighted by Crippen LogP contribution is 2.37. The van der Waals surface area contributed by atoms with Gasteiger partial charge in [-0.3, -0.25) is 9.69 Å². The number of carbonyl (C=O) groups is 1. The van der Waals surface area contributed by atoms with Gasteiger partial charge in [-0.1, -0.05) is 24.3 Å². The first-order chi connectivity index (χ1) is 15.9. The number of sulfonamides is 1. The van der Waals surface area contributed by atoms with Crippen LogP contribution in [-0.4, -0.2) is 49.9 Å². The second kappa shape index (κ2) is 8.58. The fourth-order valence-corrected chi connectivity index (χ4v) is 5.52. The number of fused-ring (bicyclic) bond motifs is 1. The molecular weight excluding hydrogens is 440 g/mol. The number of hydrogen-bond donors (Lipinski definition) is 1. The van der Waals surface area contributed by atoms with E-state index in [1.165, 1.54) is 4.31 Å². The van der Waals surface area contributed by atoms with Crippen LogP contribution in [0.25, 0.3) is 0 Å². The number of rotatable bonds is 5. The smallest absolute Gasteiger partial charge is 0.261 e. The number of morpholine rings is 1. The molecule has 0 spiro atoms. The second-order valence-electron chi connectivity index (χ2n) is 8.04. The molecule has 1 saturated heterocycles. The first-order valence-corrected chi connectivity index (χ1v) is 12.2. The molecule has 2 aliphatic rings. The summed E-state index contributed by atoms with van der Waals surface area (Å²) in [5, 5.41) is 3.39. The zero-order chi connectivity index (χ0) is 23.0. The number of amides is 1. The van der Waals surface area contributed by atoms with Gasteiger partial charge in [-0.25, -0.2) is 13.4 Å². The maximum Gasteiger partial charge on any atom is 0.261 e. The van der Waals surface area contributed by atoms with Crippen LogP contribution in [0.15, 0.2) is 71.8 Å². The van der Waals surface area contributed by atoms with E-state index in [-0.39, 0.29) is 10.8 Å². The van der Waals surface area contributed by atoms with Gasteiger partial charge < -0.3 is 10.1 Å². The molecule has 0 unspecified atom stereocenters. The molecule has 8 nitrogen and oxygen atoms in total. The number of nitrogens with one attached hydrogen (secondary N) is 1. The number of nitrogens with zero attached hydrogens (tertiary/aromatic N) is 3. The van der Waals surface area contributed by atoms with Gasteiger partial charge in [0.05, 0.1) is 18.1 Å². The van der Waals surface area contributed by atoms with Gasteiger partial charge in [-0.15, -0.1) is 0 Å². The number of ether oxygens (including phenoxy) is 1. The summed E-state index contributed by atoms with van der Waals surface area (Å²) in [6.07, 6.45) is 1.26. The van der Waals surface area contributed by atoms with Gasteiger partial charge >= 0.3 is 0 Å². The Balaban J connectivity index is 1.44.